The molecule has 1 aromatic heterocycles. The number of nitrogens with one attached hydrogen (secondary N) is 1. The zero-order chi connectivity index (χ0) is 20.0. The van der Waals surface area contributed by atoms with Crippen molar-refractivity contribution in [2.75, 3.05) is 13.1 Å². The molecule has 146 valence electrons. The first kappa shape index (κ1) is 19.4. The second-order valence-corrected chi connectivity index (χ2v) is 8.21. The smallest absolute Gasteiger partial charge is 0.417 e. The molecule has 3 rings (SSSR count). The highest BCUT2D eigenvalue weighted by molar-refractivity contribution is 7.89. The van der Waals surface area contributed by atoms with Crippen LogP contribution in [-0.4, -0.2) is 41.9 Å². The number of fused-ring (bicyclic) bond motifs is 1. The zero-order valence-corrected chi connectivity index (χ0v) is 14.6. The van der Waals surface area contributed by atoms with Gasteiger partial charge in [-0.25, -0.2) is 8.42 Å². The van der Waals surface area contributed by atoms with Gasteiger partial charge in [0, 0.05) is 30.1 Å². The van der Waals surface area contributed by atoms with Crippen molar-refractivity contribution in [2.45, 2.75) is 23.9 Å². The van der Waals surface area contributed by atoms with Gasteiger partial charge in [0.15, 0.2) is 0 Å². The summed E-state index contributed by atoms with van der Waals surface area (Å²) in [7, 11) is -4.09. The average Bonchev–Trinajstić information content (AvgIpc) is 2.59. The maximum absolute atomic E-state index is 13.2. The van der Waals surface area contributed by atoms with Crippen molar-refractivity contribution in [2.24, 2.45) is 5.92 Å². The van der Waals surface area contributed by atoms with Crippen molar-refractivity contribution >= 4 is 26.9 Å². The van der Waals surface area contributed by atoms with Gasteiger partial charge in [-0.15, -0.1) is 0 Å². The lowest BCUT2D eigenvalue weighted by Gasteiger charge is -2.29. The summed E-state index contributed by atoms with van der Waals surface area (Å²) >= 11 is 0. The van der Waals surface area contributed by atoms with Gasteiger partial charge in [0.05, 0.1) is 16.4 Å². The van der Waals surface area contributed by atoms with Crippen LogP contribution in [0.4, 0.5) is 13.2 Å². The number of rotatable bonds is 3. The van der Waals surface area contributed by atoms with Gasteiger partial charge in [0.25, 0.3) is 0 Å². The molecule has 0 bridgehead atoms. The molecular weight excluding hydrogens is 389 g/mol. The average molecular weight is 404 g/mol. The molecule has 27 heavy (non-hydrogen) atoms. The highest BCUT2D eigenvalue weighted by atomic mass is 32.2. The van der Waals surface area contributed by atoms with Crippen LogP contribution in [0, 0.1) is 5.92 Å². The SMILES string of the molecule is O=C(O)C1CCN(S(=O)(=O)c2ccc3[nH]c(=O)cc(C(F)(F)F)c3c2)CC1. The number of hydrogen-bond acceptors (Lipinski definition) is 4. The van der Waals surface area contributed by atoms with Crippen LogP contribution in [0.3, 0.4) is 0 Å². The number of benzene rings is 1. The van der Waals surface area contributed by atoms with E-state index in [1.54, 1.807) is 0 Å². The van der Waals surface area contributed by atoms with Crippen LogP contribution >= 0.6 is 0 Å². The van der Waals surface area contributed by atoms with Gasteiger partial charge in [-0.05, 0) is 31.0 Å². The van der Waals surface area contributed by atoms with Gasteiger partial charge < -0.3 is 10.1 Å². The van der Waals surface area contributed by atoms with Crippen LogP contribution in [0.1, 0.15) is 18.4 Å². The number of halogens is 3. The fourth-order valence-corrected chi connectivity index (χ4v) is 4.62. The summed E-state index contributed by atoms with van der Waals surface area (Å²) in [5, 5.41) is 8.56. The minimum Gasteiger partial charge on any atom is -0.481 e. The molecule has 2 aromatic rings. The number of carboxylic acid groups (broad SMARTS) is 1. The van der Waals surface area contributed by atoms with Crippen molar-refractivity contribution in [3.63, 3.8) is 0 Å². The summed E-state index contributed by atoms with van der Waals surface area (Å²) < 4.78 is 66.3. The quantitative estimate of drug-likeness (QED) is 0.814. The minimum absolute atomic E-state index is 0.0327. The Morgan fingerprint density at radius 1 is 1.19 bits per heavy atom. The van der Waals surface area contributed by atoms with Gasteiger partial charge >= 0.3 is 12.1 Å². The van der Waals surface area contributed by atoms with Gasteiger partial charge in [-0.1, -0.05) is 0 Å². The Morgan fingerprint density at radius 3 is 2.37 bits per heavy atom. The summed E-state index contributed by atoms with van der Waals surface area (Å²) in [5.41, 5.74) is -2.29. The van der Waals surface area contributed by atoms with E-state index in [0.717, 1.165) is 22.5 Å². The lowest BCUT2D eigenvalue weighted by Crippen LogP contribution is -2.40. The predicted molar refractivity (Wildman–Crippen MR) is 88.7 cm³/mol. The third-order valence-electron chi connectivity index (χ3n) is 4.56. The van der Waals surface area contributed by atoms with E-state index in [1.807, 2.05) is 0 Å². The largest absolute Gasteiger partial charge is 0.481 e. The molecule has 0 amide bonds. The third-order valence-corrected chi connectivity index (χ3v) is 6.46. The predicted octanol–water partition coefficient (Wildman–Crippen LogP) is 2.03. The molecule has 0 saturated carbocycles. The fraction of sp³-hybridized carbons (Fsp3) is 0.375. The fourth-order valence-electron chi connectivity index (χ4n) is 3.12. The van der Waals surface area contributed by atoms with E-state index >= 15 is 0 Å². The first-order chi connectivity index (χ1) is 12.5. The van der Waals surface area contributed by atoms with Crippen molar-refractivity contribution in [3.8, 4) is 0 Å². The summed E-state index contributed by atoms with van der Waals surface area (Å²) in [6.07, 6.45) is -4.57. The van der Waals surface area contributed by atoms with Gasteiger partial charge in [-0.3, -0.25) is 9.59 Å². The van der Waals surface area contributed by atoms with E-state index < -0.39 is 44.6 Å². The van der Waals surface area contributed by atoms with Crippen molar-refractivity contribution < 1.29 is 31.5 Å². The Hall–Kier alpha value is -2.40. The Bertz CT molecular complexity index is 1050. The third kappa shape index (κ3) is 3.69. The number of aliphatic carboxylic acids is 1. The summed E-state index contributed by atoms with van der Waals surface area (Å²) in [4.78, 5) is 24.3. The molecule has 1 aliphatic heterocycles. The number of pyridine rings is 1. The van der Waals surface area contributed by atoms with Crippen LogP contribution in [0.25, 0.3) is 10.9 Å². The van der Waals surface area contributed by atoms with E-state index in [0.29, 0.717) is 6.07 Å². The Morgan fingerprint density at radius 2 is 1.81 bits per heavy atom. The number of piperidine rings is 1. The minimum atomic E-state index is -4.82. The molecule has 0 spiro atoms. The zero-order valence-electron chi connectivity index (χ0n) is 13.8. The molecule has 1 aliphatic rings. The molecule has 2 heterocycles. The molecule has 1 fully saturated rings. The maximum Gasteiger partial charge on any atom is 0.417 e. The van der Waals surface area contributed by atoms with Crippen LogP contribution in [-0.2, 0) is 21.0 Å². The molecule has 0 unspecified atom stereocenters. The molecule has 0 atom stereocenters. The molecule has 0 radical (unpaired) electrons. The van der Waals surface area contributed by atoms with Gasteiger partial charge in [-0.2, -0.15) is 17.5 Å². The maximum atomic E-state index is 13.2. The molecule has 1 aromatic carbocycles. The van der Waals surface area contributed by atoms with E-state index in [-0.39, 0.29) is 36.3 Å². The second-order valence-electron chi connectivity index (χ2n) is 6.27. The number of carboxylic acids is 1. The van der Waals surface area contributed by atoms with E-state index in [2.05, 4.69) is 4.98 Å². The van der Waals surface area contributed by atoms with Crippen LogP contribution < -0.4 is 5.56 Å². The van der Waals surface area contributed by atoms with Crippen LogP contribution in [0.5, 0.6) is 0 Å². The highest BCUT2D eigenvalue weighted by Crippen LogP contribution is 2.34. The lowest BCUT2D eigenvalue weighted by atomic mass is 9.99. The highest BCUT2D eigenvalue weighted by Gasteiger charge is 2.35. The topological polar surface area (TPSA) is 108 Å². The van der Waals surface area contributed by atoms with E-state index in [9.17, 15) is 31.2 Å². The number of nitrogens with zero attached hydrogens (tertiary/aromatic N) is 1. The number of hydrogen-bond donors (Lipinski definition) is 2. The summed E-state index contributed by atoms with van der Waals surface area (Å²) in [5.74, 6) is -1.65. The lowest BCUT2D eigenvalue weighted by molar-refractivity contribution is -0.143. The first-order valence-corrected chi connectivity index (χ1v) is 9.41. The Labute approximate surface area is 151 Å². The molecule has 11 heteroatoms. The van der Waals surface area contributed by atoms with E-state index in [1.165, 1.54) is 0 Å². The Balaban J connectivity index is 2.03. The molecular formula is C16H15F3N2O5S. The Kier molecular flexibility index (Phi) is 4.76. The normalized spacial score (nSPS) is 17.3. The van der Waals surface area contributed by atoms with Gasteiger partial charge in [0.2, 0.25) is 15.6 Å². The number of carbonyl (C=O) groups is 1. The summed E-state index contributed by atoms with van der Waals surface area (Å²) in [6, 6.07) is 3.50. The number of sulfonamides is 1. The van der Waals surface area contributed by atoms with Crippen molar-refractivity contribution in [3.05, 3.63) is 40.2 Å². The van der Waals surface area contributed by atoms with E-state index in [4.69, 9.17) is 5.11 Å². The number of H-pyrrole nitrogens is 1. The standard InChI is InChI=1S/C16H15F3N2O5S/c17-16(18,19)12-8-14(22)20-13-2-1-10(7-11(12)13)27(25,26)21-5-3-9(4-6-21)15(23)24/h1-2,7-9H,3-6H2,(H,20,22)(H,23,24). The summed E-state index contributed by atoms with van der Waals surface area (Å²) in [6.45, 7) is -0.0653. The number of alkyl halides is 3. The molecule has 0 aliphatic carbocycles. The number of aromatic nitrogens is 1. The first-order valence-electron chi connectivity index (χ1n) is 7.97. The van der Waals surface area contributed by atoms with Crippen LogP contribution in [0.2, 0.25) is 0 Å². The van der Waals surface area contributed by atoms with Crippen molar-refractivity contribution in [1.82, 2.24) is 9.29 Å². The second kappa shape index (κ2) is 6.64. The molecule has 2 N–H and O–H groups in total. The molecule has 7 nitrogen and oxygen atoms in total. The van der Waals surface area contributed by atoms with Crippen LogP contribution in [0.15, 0.2) is 34.0 Å². The van der Waals surface area contributed by atoms with Crippen molar-refractivity contribution in [1.29, 1.82) is 0 Å². The number of aromatic amines is 1. The van der Waals surface area contributed by atoms with Gasteiger partial charge in [0.1, 0.15) is 0 Å². The monoisotopic (exact) mass is 404 g/mol. The molecule has 1 saturated heterocycles.